The maximum atomic E-state index is 12.1. The van der Waals surface area contributed by atoms with Gasteiger partial charge in [-0.05, 0) is 31.0 Å². The van der Waals surface area contributed by atoms with E-state index in [1.807, 2.05) is 19.1 Å². The van der Waals surface area contributed by atoms with E-state index in [2.05, 4.69) is 5.32 Å². The van der Waals surface area contributed by atoms with Crippen LogP contribution in [0.3, 0.4) is 0 Å². The highest BCUT2D eigenvalue weighted by atomic mass is 35.5. The van der Waals surface area contributed by atoms with Crippen molar-refractivity contribution in [1.29, 1.82) is 0 Å². The van der Waals surface area contributed by atoms with Gasteiger partial charge in [-0.15, -0.1) is 0 Å². The van der Waals surface area contributed by atoms with E-state index < -0.39 is 17.5 Å². The van der Waals surface area contributed by atoms with Gasteiger partial charge in [0.25, 0.3) is 0 Å². The monoisotopic (exact) mass is 312 g/mol. The van der Waals surface area contributed by atoms with Gasteiger partial charge in [0, 0.05) is 18.6 Å². The first-order chi connectivity index (χ1) is 9.78. The van der Waals surface area contributed by atoms with Crippen molar-refractivity contribution in [3.8, 4) is 0 Å². The normalized spacial score (nSPS) is 13.3. The Kier molecular flexibility index (Phi) is 6.03. The zero-order valence-electron chi connectivity index (χ0n) is 12.5. The molecule has 0 bridgehead atoms. The molecule has 0 aliphatic rings. The summed E-state index contributed by atoms with van der Waals surface area (Å²) in [7, 11) is 1.62. The molecule has 1 rings (SSSR count). The number of nitrogens with zero attached hydrogens (tertiary/aromatic N) is 1. The van der Waals surface area contributed by atoms with Crippen LogP contribution >= 0.6 is 11.6 Å². The number of carboxylic acids is 1. The van der Waals surface area contributed by atoms with E-state index in [1.54, 1.807) is 19.2 Å². The molecule has 0 aliphatic carbocycles. The third kappa shape index (κ3) is 4.93. The smallest absolute Gasteiger partial charge is 0.329 e. The molecule has 5 nitrogen and oxygen atoms in total. The molecule has 1 aromatic rings. The number of hydrogen-bond donors (Lipinski definition) is 2. The quantitative estimate of drug-likeness (QED) is 0.848. The minimum atomic E-state index is -1.25. The molecule has 0 aliphatic heterocycles. The van der Waals surface area contributed by atoms with Crippen LogP contribution < -0.4 is 5.32 Å². The number of halogens is 1. The fourth-order valence-electron chi connectivity index (χ4n) is 1.99. The zero-order chi connectivity index (χ0) is 16.0. The van der Waals surface area contributed by atoms with Crippen LogP contribution in [0.25, 0.3) is 0 Å². The number of rotatable bonds is 6. The number of nitrogens with one attached hydrogen (secondary N) is 1. The Hall–Kier alpha value is -1.75. The van der Waals surface area contributed by atoms with Gasteiger partial charge in [0.2, 0.25) is 0 Å². The maximum absolute atomic E-state index is 12.1. The Balaban J connectivity index is 2.69. The molecular formula is C15H21ClN2O3. The van der Waals surface area contributed by atoms with Crippen molar-refractivity contribution >= 4 is 23.6 Å². The largest absolute Gasteiger partial charge is 0.480 e. The van der Waals surface area contributed by atoms with E-state index in [1.165, 1.54) is 11.8 Å². The summed E-state index contributed by atoms with van der Waals surface area (Å²) in [6, 6.07) is 6.74. The molecule has 1 atom stereocenters. The lowest BCUT2D eigenvalue weighted by Crippen LogP contribution is -2.55. The average molecular weight is 313 g/mol. The van der Waals surface area contributed by atoms with Gasteiger partial charge in [-0.25, -0.2) is 9.59 Å². The van der Waals surface area contributed by atoms with Crippen LogP contribution in [0, 0.1) is 0 Å². The Morgan fingerprint density at radius 2 is 1.90 bits per heavy atom. The Morgan fingerprint density at radius 1 is 1.33 bits per heavy atom. The summed E-state index contributed by atoms with van der Waals surface area (Å²) in [5.41, 5.74) is -0.329. The van der Waals surface area contributed by atoms with Crippen LogP contribution in [0.2, 0.25) is 5.02 Å². The molecule has 0 fully saturated rings. The summed E-state index contributed by atoms with van der Waals surface area (Å²) in [4.78, 5) is 24.9. The number of carbonyl (C=O) groups excluding carboxylic acids is 1. The van der Waals surface area contributed by atoms with Crippen molar-refractivity contribution in [3.05, 3.63) is 34.9 Å². The van der Waals surface area contributed by atoms with Crippen LogP contribution in [-0.4, -0.2) is 34.6 Å². The summed E-state index contributed by atoms with van der Waals surface area (Å²) in [5.74, 6) is -1.03. The third-order valence-electron chi connectivity index (χ3n) is 3.28. The van der Waals surface area contributed by atoms with Crippen LogP contribution in [0.5, 0.6) is 0 Å². The van der Waals surface area contributed by atoms with Crippen LogP contribution in [0.15, 0.2) is 24.3 Å². The second-order valence-electron chi connectivity index (χ2n) is 5.30. The number of carbonyl (C=O) groups is 2. The summed E-state index contributed by atoms with van der Waals surface area (Å²) < 4.78 is 0. The van der Waals surface area contributed by atoms with E-state index in [-0.39, 0.29) is 0 Å². The van der Waals surface area contributed by atoms with Crippen LogP contribution in [-0.2, 0) is 11.3 Å². The van der Waals surface area contributed by atoms with Gasteiger partial charge in [-0.1, -0.05) is 37.1 Å². The van der Waals surface area contributed by atoms with Crippen molar-refractivity contribution in [2.75, 3.05) is 7.05 Å². The molecule has 0 saturated heterocycles. The summed E-state index contributed by atoms with van der Waals surface area (Å²) >= 11 is 5.81. The highest BCUT2D eigenvalue weighted by Gasteiger charge is 2.34. The number of urea groups is 1. The van der Waals surface area contributed by atoms with Gasteiger partial charge in [0.1, 0.15) is 5.54 Å². The molecule has 21 heavy (non-hydrogen) atoms. The van der Waals surface area contributed by atoms with E-state index in [0.29, 0.717) is 24.4 Å². The fourth-order valence-corrected chi connectivity index (χ4v) is 2.12. The lowest BCUT2D eigenvalue weighted by molar-refractivity contribution is -0.144. The van der Waals surface area contributed by atoms with E-state index in [4.69, 9.17) is 11.6 Å². The summed E-state index contributed by atoms with van der Waals surface area (Å²) in [6.07, 6.45) is 1.05. The zero-order valence-corrected chi connectivity index (χ0v) is 13.3. The number of hydrogen-bond acceptors (Lipinski definition) is 2. The third-order valence-corrected chi connectivity index (χ3v) is 3.54. The van der Waals surface area contributed by atoms with Crippen LogP contribution in [0.1, 0.15) is 32.3 Å². The molecule has 0 aromatic heterocycles. The van der Waals surface area contributed by atoms with Gasteiger partial charge in [0.05, 0.1) is 0 Å². The summed E-state index contributed by atoms with van der Waals surface area (Å²) in [5, 5.41) is 12.5. The number of carboxylic acid groups (broad SMARTS) is 1. The number of benzene rings is 1. The first-order valence-corrected chi connectivity index (χ1v) is 7.17. The molecule has 2 amide bonds. The second kappa shape index (κ2) is 7.31. The predicted molar refractivity (Wildman–Crippen MR) is 82.4 cm³/mol. The lowest BCUT2D eigenvalue weighted by Gasteiger charge is -2.29. The summed E-state index contributed by atoms with van der Waals surface area (Å²) in [6.45, 7) is 3.78. The molecule has 0 heterocycles. The first-order valence-electron chi connectivity index (χ1n) is 6.79. The molecule has 1 unspecified atom stereocenters. The molecule has 2 N–H and O–H groups in total. The van der Waals surface area contributed by atoms with E-state index >= 15 is 0 Å². The minimum absolute atomic E-state index is 0.378. The lowest BCUT2D eigenvalue weighted by atomic mass is 9.96. The molecule has 6 heteroatoms. The van der Waals surface area contributed by atoms with Gasteiger partial charge >= 0.3 is 12.0 Å². The molecular weight excluding hydrogens is 292 g/mol. The molecule has 116 valence electrons. The number of amides is 2. The molecule has 0 radical (unpaired) electrons. The minimum Gasteiger partial charge on any atom is -0.480 e. The van der Waals surface area contributed by atoms with Gasteiger partial charge in [0.15, 0.2) is 0 Å². The van der Waals surface area contributed by atoms with Crippen molar-refractivity contribution in [1.82, 2.24) is 10.2 Å². The van der Waals surface area contributed by atoms with Crippen molar-refractivity contribution in [3.63, 3.8) is 0 Å². The Bertz CT molecular complexity index is 504. The highest BCUT2D eigenvalue weighted by Crippen LogP contribution is 2.14. The van der Waals surface area contributed by atoms with Crippen LogP contribution in [0.4, 0.5) is 4.79 Å². The van der Waals surface area contributed by atoms with Gasteiger partial charge in [-0.3, -0.25) is 0 Å². The predicted octanol–water partition coefficient (Wildman–Crippen LogP) is 3.12. The second-order valence-corrected chi connectivity index (χ2v) is 5.74. The van der Waals surface area contributed by atoms with E-state index in [0.717, 1.165) is 5.56 Å². The standard InChI is InChI=1S/C15H21ClN2O3/c1-4-9-15(2,13(19)20)17-14(21)18(3)10-11-5-7-12(16)8-6-11/h5-8H,4,9-10H2,1-3H3,(H,17,21)(H,19,20). The van der Waals surface area contributed by atoms with Crippen molar-refractivity contribution in [2.24, 2.45) is 0 Å². The van der Waals surface area contributed by atoms with Crippen molar-refractivity contribution in [2.45, 2.75) is 38.8 Å². The van der Waals surface area contributed by atoms with Gasteiger partial charge in [-0.2, -0.15) is 0 Å². The molecule has 1 aromatic carbocycles. The fraction of sp³-hybridized carbons (Fsp3) is 0.467. The Morgan fingerprint density at radius 3 is 2.38 bits per heavy atom. The highest BCUT2D eigenvalue weighted by molar-refractivity contribution is 6.30. The Labute approximate surface area is 129 Å². The van der Waals surface area contributed by atoms with Crippen molar-refractivity contribution < 1.29 is 14.7 Å². The average Bonchev–Trinajstić information content (AvgIpc) is 2.41. The SMILES string of the molecule is CCCC(C)(NC(=O)N(C)Cc1ccc(Cl)cc1)C(=O)O. The first kappa shape index (κ1) is 17.3. The van der Waals surface area contributed by atoms with Gasteiger partial charge < -0.3 is 15.3 Å². The number of aliphatic carboxylic acids is 1. The topological polar surface area (TPSA) is 69.6 Å². The molecule has 0 saturated carbocycles. The van der Waals surface area contributed by atoms with E-state index in [9.17, 15) is 14.7 Å². The maximum Gasteiger partial charge on any atom is 0.329 e. The molecule has 0 spiro atoms.